The number of rotatable bonds is 18. The normalized spacial score (nSPS) is 15.7. The van der Waals surface area contributed by atoms with Crippen LogP contribution in [0.25, 0.3) is 0 Å². The summed E-state index contributed by atoms with van der Waals surface area (Å²) in [5.74, 6) is 0.260. The summed E-state index contributed by atoms with van der Waals surface area (Å²) in [6.45, 7) is 16.4. The molecular weight excluding hydrogens is 500 g/mol. The van der Waals surface area contributed by atoms with Gasteiger partial charge in [0.25, 0.3) is 0 Å². The zero-order valence-electron chi connectivity index (χ0n) is 26.9. The Bertz CT molecular complexity index is 1160. The number of hydrogen-bond donors (Lipinski definition) is 1. The molecule has 0 aromatic carbocycles. The van der Waals surface area contributed by atoms with E-state index in [0.717, 1.165) is 31.3 Å². The van der Waals surface area contributed by atoms with Gasteiger partial charge in [0.15, 0.2) is 0 Å². The summed E-state index contributed by atoms with van der Waals surface area (Å²) >= 11 is 0. The highest BCUT2D eigenvalue weighted by atomic mass is 16.3. The maximum Gasteiger partial charge on any atom is 0.129 e. The molecule has 0 aliphatic heterocycles. The third-order valence-electron chi connectivity index (χ3n) is 6.13. The molecule has 0 saturated heterocycles. The van der Waals surface area contributed by atoms with Crippen LogP contribution in [0, 0.1) is 0 Å². The van der Waals surface area contributed by atoms with E-state index in [2.05, 4.69) is 145 Å². The van der Waals surface area contributed by atoms with Crippen LogP contribution in [0.5, 0.6) is 0 Å². The Balaban J connectivity index is 4.68. The van der Waals surface area contributed by atoms with Crippen molar-refractivity contribution in [2.24, 2.45) is 0 Å². The second-order valence-electron chi connectivity index (χ2n) is 10.8. The van der Waals surface area contributed by atoms with Crippen LogP contribution >= 0.6 is 0 Å². The molecule has 0 radical (unpaired) electrons. The molecule has 0 fully saturated rings. The summed E-state index contributed by atoms with van der Waals surface area (Å²) in [7, 11) is 0. The second-order valence-corrected chi connectivity index (χ2v) is 10.8. The molecule has 0 aromatic rings. The number of carbonyl (C=O) groups excluding carboxylic acids is 1. The zero-order valence-corrected chi connectivity index (χ0v) is 26.9. The fourth-order valence-electron chi connectivity index (χ4n) is 3.46. The Hall–Kier alpha value is -3.49. The van der Waals surface area contributed by atoms with E-state index in [1.165, 1.54) is 33.4 Å². The van der Waals surface area contributed by atoms with Crippen molar-refractivity contribution in [2.75, 3.05) is 6.61 Å². The first-order chi connectivity index (χ1) is 19.5. The van der Waals surface area contributed by atoms with E-state index >= 15 is 0 Å². The average molecular weight is 555 g/mol. The highest BCUT2D eigenvalue weighted by Crippen LogP contribution is 2.09. The fraction of sp³-hybridized carbons (Fsp3) is 0.359. The van der Waals surface area contributed by atoms with Gasteiger partial charge < -0.3 is 9.90 Å². The van der Waals surface area contributed by atoms with Gasteiger partial charge in [-0.2, -0.15) is 0 Å². The highest BCUT2D eigenvalue weighted by molar-refractivity contribution is 5.75. The number of ketones is 1. The molecule has 0 heterocycles. The molecule has 0 aromatic heterocycles. The maximum atomic E-state index is 11.0. The third kappa shape index (κ3) is 25.2. The van der Waals surface area contributed by atoms with Gasteiger partial charge in [0, 0.05) is 6.42 Å². The Morgan fingerprint density at radius 1 is 0.488 bits per heavy atom. The van der Waals surface area contributed by atoms with Gasteiger partial charge in [-0.3, -0.25) is 0 Å². The zero-order chi connectivity index (χ0) is 30.9. The van der Waals surface area contributed by atoms with Gasteiger partial charge >= 0.3 is 0 Å². The van der Waals surface area contributed by atoms with Crippen LogP contribution in [-0.4, -0.2) is 17.5 Å². The molecule has 0 bridgehead atoms. The molecule has 41 heavy (non-hydrogen) atoms. The van der Waals surface area contributed by atoms with Crippen LogP contribution in [0.4, 0.5) is 0 Å². The minimum Gasteiger partial charge on any atom is -0.392 e. The number of Topliss-reactive ketones (excluding diaryl/α,β-unsaturated/α-hetero) is 1. The average Bonchev–Trinajstić information content (AvgIpc) is 2.90. The smallest absolute Gasteiger partial charge is 0.129 e. The predicted octanol–water partition coefficient (Wildman–Crippen LogP) is 10.9. The van der Waals surface area contributed by atoms with Crippen molar-refractivity contribution in [1.29, 1.82) is 0 Å². The SMILES string of the molecule is CC(=O)CCCC(C)=CC=CC(C)=CC=CC(C)=CC=CC=C(C)C=CC=C(C)C=CC=C(C)CCC=C(C)CO. The quantitative estimate of drug-likeness (QED) is 0.135. The van der Waals surface area contributed by atoms with Crippen molar-refractivity contribution < 1.29 is 9.90 Å². The summed E-state index contributed by atoms with van der Waals surface area (Å²) in [4.78, 5) is 11.0. The Kier molecular flexibility index (Phi) is 22.2. The van der Waals surface area contributed by atoms with Crippen molar-refractivity contribution in [3.05, 3.63) is 142 Å². The monoisotopic (exact) mass is 554 g/mol. The van der Waals surface area contributed by atoms with Gasteiger partial charge in [0.05, 0.1) is 6.61 Å². The molecular formula is C39H54O2. The predicted molar refractivity (Wildman–Crippen MR) is 183 cm³/mol. The maximum absolute atomic E-state index is 11.0. The van der Waals surface area contributed by atoms with Gasteiger partial charge in [-0.15, -0.1) is 0 Å². The fourth-order valence-corrected chi connectivity index (χ4v) is 3.46. The molecule has 0 saturated carbocycles. The number of hydrogen-bond acceptors (Lipinski definition) is 2. The van der Waals surface area contributed by atoms with Gasteiger partial charge in [-0.1, -0.05) is 142 Å². The Morgan fingerprint density at radius 2 is 0.878 bits per heavy atom. The van der Waals surface area contributed by atoms with Crippen molar-refractivity contribution in [1.82, 2.24) is 0 Å². The summed E-state index contributed by atoms with van der Waals surface area (Å²) in [6, 6.07) is 0. The second kappa shape index (κ2) is 24.3. The lowest BCUT2D eigenvalue weighted by Gasteiger charge is -1.98. The van der Waals surface area contributed by atoms with Crippen LogP contribution in [0.2, 0.25) is 0 Å². The molecule has 0 rings (SSSR count). The van der Waals surface area contributed by atoms with E-state index in [1.54, 1.807) is 6.92 Å². The van der Waals surface area contributed by atoms with Crippen molar-refractivity contribution >= 4 is 5.78 Å². The number of carbonyl (C=O) groups is 1. The lowest BCUT2D eigenvalue weighted by Crippen LogP contribution is -1.89. The highest BCUT2D eigenvalue weighted by Gasteiger charge is 1.94. The molecule has 0 aliphatic rings. The molecule has 0 unspecified atom stereocenters. The van der Waals surface area contributed by atoms with Gasteiger partial charge in [0.2, 0.25) is 0 Å². The largest absolute Gasteiger partial charge is 0.392 e. The summed E-state index contributed by atoms with van der Waals surface area (Å²) in [6.07, 6.45) is 40.2. The first kappa shape index (κ1) is 37.5. The lowest BCUT2D eigenvalue weighted by molar-refractivity contribution is -0.117. The molecule has 0 spiro atoms. The van der Waals surface area contributed by atoms with E-state index in [1.807, 2.05) is 6.92 Å². The number of aliphatic hydroxyl groups is 1. The third-order valence-corrected chi connectivity index (χ3v) is 6.13. The van der Waals surface area contributed by atoms with Gasteiger partial charge in [-0.25, -0.2) is 0 Å². The molecule has 0 aliphatic carbocycles. The first-order valence-corrected chi connectivity index (χ1v) is 14.7. The minimum absolute atomic E-state index is 0.141. The van der Waals surface area contributed by atoms with Crippen LogP contribution in [0.3, 0.4) is 0 Å². The Labute approximate surface area is 251 Å². The van der Waals surface area contributed by atoms with E-state index in [4.69, 9.17) is 5.11 Å². The van der Waals surface area contributed by atoms with Gasteiger partial charge in [0.1, 0.15) is 5.78 Å². The van der Waals surface area contributed by atoms with E-state index in [-0.39, 0.29) is 12.4 Å². The molecule has 0 atom stereocenters. The number of allylic oxidation sites excluding steroid dienone is 23. The van der Waals surface area contributed by atoms with E-state index < -0.39 is 0 Å². The standard InChI is InChI=1S/C39H54O2/c1-32(19-11-21-34(3)23-13-25-36(5)27-15-29-38(7)31-40)17-9-10-18-33(2)20-12-22-35(4)24-14-26-37(6)28-16-30-39(8)41/h9-14,17-26,29,40H,15-16,27-28,30-31H2,1-8H3. The molecule has 222 valence electrons. The van der Waals surface area contributed by atoms with Crippen LogP contribution in [0.15, 0.2) is 142 Å². The van der Waals surface area contributed by atoms with Crippen molar-refractivity contribution in [3.8, 4) is 0 Å². The molecule has 2 nitrogen and oxygen atoms in total. The summed E-state index contributed by atoms with van der Waals surface area (Å²) in [5.41, 5.74) is 8.41. The molecule has 0 amide bonds. The Morgan fingerprint density at radius 3 is 1.29 bits per heavy atom. The van der Waals surface area contributed by atoms with Crippen LogP contribution in [0.1, 0.15) is 87.5 Å². The van der Waals surface area contributed by atoms with Gasteiger partial charge in [-0.05, 0) is 81.1 Å². The molecule has 1 N–H and O–H groups in total. The first-order valence-electron chi connectivity index (χ1n) is 14.7. The van der Waals surface area contributed by atoms with E-state index in [9.17, 15) is 4.79 Å². The van der Waals surface area contributed by atoms with E-state index in [0.29, 0.717) is 6.42 Å². The summed E-state index contributed by atoms with van der Waals surface area (Å²) < 4.78 is 0. The van der Waals surface area contributed by atoms with Crippen LogP contribution < -0.4 is 0 Å². The summed E-state index contributed by atoms with van der Waals surface area (Å²) in [5, 5.41) is 9.05. The van der Waals surface area contributed by atoms with Crippen molar-refractivity contribution in [2.45, 2.75) is 87.5 Å². The van der Waals surface area contributed by atoms with Crippen LogP contribution in [-0.2, 0) is 4.79 Å². The minimum atomic E-state index is 0.141. The molecule has 2 heteroatoms. The lowest BCUT2D eigenvalue weighted by atomic mass is 10.1. The van der Waals surface area contributed by atoms with Crippen molar-refractivity contribution in [3.63, 3.8) is 0 Å². The topological polar surface area (TPSA) is 37.3 Å². The number of aliphatic hydroxyl groups excluding tert-OH is 1.